The monoisotopic (exact) mass is 451 g/mol. The number of nitrogens with zero attached hydrogens (tertiary/aromatic N) is 5. The van der Waals surface area contributed by atoms with Gasteiger partial charge in [-0.05, 0) is 31.5 Å². The molecule has 1 saturated heterocycles. The van der Waals surface area contributed by atoms with E-state index in [2.05, 4.69) is 20.4 Å². The van der Waals surface area contributed by atoms with Gasteiger partial charge in [0.05, 0.1) is 24.3 Å². The molecule has 33 heavy (non-hydrogen) atoms. The first-order valence-electron chi connectivity index (χ1n) is 10.6. The molecule has 170 valence electrons. The van der Waals surface area contributed by atoms with Crippen LogP contribution in [-0.4, -0.2) is 42.7 Å². The highest BCUT2D eigenvalue weighted by Crippen LogP contribution is 2.35. The summed E-state index contributed by atoms with van der Waals surface area (Å²) in [5.41, 5.74) is 10.4. The summed E-state index contributed by atoms with van der Waals surface area (Å²) in [7, 11) is 0. The van der Waals surface area contributed by atoms with Gasteiger partial charge in [0.15, 0.2) is 5.65 Å². The molecule has 1 aliphatic heterocycles. The zero-order valence-electron chi connectivity index (χ0n) is 18.2. The molecule has 4 aromatic rings. The van der Waals surface area contributed by atoms with Gasteiger partial charge in [-0.3, -0.25) is 4.98 Å². The number of pyridine rings is 1. The lowest BCUT2D eigenvalue weighted by Crippen LogP contribution is -2.33. The number of nitrogens with one attached hydrogen (secondary N) is 1. The third-order valence-corrected chi connectivity index (χ3v) is 5.76. The van der Waals surface area contributed by atoms with E-state index in [0.717, 1.165) is 22.5 Å². The Morgan fingerprint density at radius 1 is 1.12 bits per heavy atom. The van der Waals surface area contributed by atoms with Crippen molar-refractivity contribution in [1.82, 2.24) is 29.5 Å². The third-order valence-electron chi connectivity index (χ3n) is 5.76. The van der Waals surface area contributed by atoms with Gasteiger partial charge in [-0.1, -0.05) is 30.3 Å². The minimum atomic E-state index is -2.80. The van der Waals surface area contributed by atoms with Crippen LogP contribution in [0.1, 0.15) is 17.8 Å². The molecule has 0 spiro atoms. The zero-order chi connectivity index (χ0) is 23.3. The summed E-state index contributed by atoms with van der Waals surface area (Å²) in [6.45, 7) is 3.36. The highest BCUT2D eigenvalue weighted by Gasteiger charge is 2.39. The maximum Gasteiger partial charge on any atom is 0.353 e. The van der Waals surface area contributed by atoms with Crippen molar-refractivity contribution >= 4 is 11.6 Å². The second-order valence-electron chi connectivity index (χ2n) is 8.46. The standard InChI is InChI=1S/C23H23F2N7O/c1-13-8-16(9-14(2)28-13)18-19(15-6-4-3-5-7-15)29-21(26)32-20(18)30-31(22(32)33)11-17-10-23(24,25)12-27-17/h3-9,17,27H,10-12H2,1-2H3,(H2,26,29)/t17-/m1/s1. The second kappa shape index (κ2) is 7.73. The highest BCUT2D eigenvalue weighted by molar-refractivity contribution is 5.90. The molecule has 0 amide bonds. The number of benzene rings is 1. The van der Waals surface area contributed by atoms with Crippen molar-refractivity contribution in [2.24, 2.45) is 0 Å². The summed E-state index contributed by atoms with van der Waals surface area (Å²) < 4.78 is 29.7. The van der Waals surface area contributed by atoms with Crippen molar-refractivity contribution in [1.29, 1.82) is 0 Å². The van der Waals surface area contributed by atoms with Gasteiger partial charge in [-0.2, -0.15) is 0 Å². The fraction of sp³-hybridized carbons (Fsp3) is 0.304. The Balaban J connectivity index is 1.75. The minimum absolute atomic E-state index is 0.00402. The lowest BCUT2D eigenvalue weighted by atomic mass is 9.99. The molecule has 1 atom stereocenters. The number of aromatic nitrogens is 5. The normalized spacial score (nSPS) is 17.6. The average Bonchev–Trinajstić information content (AvgIpc) is 3.27. The lowest BCUT2D eigenvalue weighted by molar-refractivity contribution is 0.0205. The maximum absolute atomic E-state index is 13.7. The van der Waals surface area contributed by atoms with Gasteiger partial charge in [0.25, 0.3) is 5.92 Å². The van der Waals surface area contributed by atoms with Crippen LogP contribution in [0.3, 0.4) is 0 Å². The zero-order valence-corrected chi connectivity index (χ0v) is 18.2. The van der Waals surface area contributed by atoms with Gasteiger partial charge in [-0.15, -0.1) is 5.10 Å². The predicted molar refractivity (Wildman–Crippen MR) is 121 cm³/mol. The summed E-state index contributed by atoms with van der Waals surface area (Å²) in [5, 5.41) is 7.31. The van der Waals surface area contributed by atoms with Gasteiger partial charge >= 0.3 is 5.69 Å². The number of anilines is 1. The molecule has 3 N–H and O–H groups in total. The first-order chi connectivity index (χ1) is 15.7. The number of rotatable bonds is 4. The van der Waals surface area contributed by atoms with Crippen molar-refractivity contribution in [3.05, 3.63) is 64.3 Å². The van der Waals surface area contributed by atoms with E-state index >= 15 is 0 Å². The Morgan fingerprint density at radius 2 is 1.82 bits per heavy atom. The molecule has 4 heterocycles. The number of alkyl halides is 2. The number of nitrogen functional groups attached to an aromatic ring is 1. The largest absolute Gasteiger partial charge is 0.369 e. The van der Waals surface area contributed by atoms with Crippen LogP contribution in [0.2, 0.25) is 0 Å². The molecule has 1 fully saturated rings. The molecule has 0 bridgehead atoms. The molecular weight excluding hydrogens is 428 g/mol. The van der Waals surface area contributed by atoms with Crippen LogP contribution in [0.4, 0.5) is 14.7 Å². The van der Waals surface area contributed by atoms with E-state index < -0.39 is 24.2 Å². The van der Waals surface area contributed by atoms with Crippen LogP contribution in [0, 0.1) is 13.8 Å². The van der Waals surface area contributed by atoms with Crippen LogP contribution in [-0.2, 0) is 6.54 Å². The molecule has 0 unspecified atom stereocenters. The van der Waals surface area contributed by atoms with Crippen LogP contribution in [0.25, 0.3) is 28.0 Å². The van der Waals surface area contributed by atoms with E-state index in [1.807, 2.05) is 56.3 Å². The van der Waals surface area contributed by atoms with Crippen LogP contribution >= 0.6 is 0 Å². The molecule has 5 rings (SSSR count). The Labute approximate surface area is 188 Å². The van der Waals surface area contributed by atoms with Crippen molar-refractivity contribution in [3.63, 3.8) is 0 Å². The molecule has 1 aliphatic rings. The topological polar surface area (TPSA) is 103 Å². The summed E-state index contributed by atoms with van der Waals surface area (Å²) in [4.78, 5) is 22.2. The van der Waals surface area contributed by atoms with E-state index in [-0.39, 0.29) is 18.9 Å². The first-order valence-corrected chi connectivity index (χ1v) is 10.6. The van der Waals surface area contributed by atoms with E-state index in [9.17, 15) is 13.6 Å². The van der Waals surface area contributed by atoms with Crippen LogP contribution < -0.4 is 16.7 Å². The second-order valence-corrected chi connectivity index (χ2v) is 8.46. The Kier molecular flexibility index (Phi) is 4.97. The fourth-order valence-corrected chi connectivity index (χ4v) is 4.41. The summed E-state index contributed by atoms with van der Waals surface area (Å²) in [6.07, 6.45) is -0.355. The number of aryl methyl sites for hydroxylation is 2. The summed E-state index contributed by atoms with van der Waals surface area (Å²) in [6, 6.07) is 12.7. The molecule has 0 aliphatic carbocycles. The third kappa shape index (κ3) is 3.86. The Hall–Kier alpha value is -3.66. The number of halogens is 2. The van der Waals surface area contributed by atoms with Crippen LogP contribution in [0.5, 0.6) is 0 Å². The number of fused-ring (bicyclic) bond motifs is 1. The quantitative estimate of drug-likeness (QED) is 0.495. The van der Waals surface area contributed by atoms with E-state index in [1.165, 1.54) is 9.08 Å². The first kappa shape index (κ1) is 21.2. The predicted octanol–water partition coefficient (Wildman–Crippen LogP) is 2.82. The Bertz CT molecular complexity index is 1390. The lowest BCUT2D eigenvalue weighted by Gasteiger charge is -2.13. The fourth-order valence-electron chi connectivity index (χ4n) is 4.41. The molecule has 10 heteroatoms. The minimum Gasteiger partial charge on any atom is -0.369 e. The van der Waals surface area contributed by atoms with Gasteiger partial charge in [-0.25, -0.2) is 27.6 Å². The maximum atomic E-state index is 13.7. The van der Waals surface area contributed by atoms with Crippen molar-refractivity contribution < 1.29 is 8.78 Å². The number of hydrogen-bond acceptors (Lipinski definition) is 6. The van der Waals surface area contributed by atoms with Crippen molar-refractivity contribution in [2.75, 3.05) is 12.3 Å². The Morgan fingerprint density at radius 3 is 2.45 bits per heavy atom. The average molecular weight is 451 g/mol. The van der Waals surface area contributed by atoms with Gasteiger partial charge in [0.2, 0.25) is 5.95 Å². The summed E-state index contributed by atoms with van der Waals surface area (Å²) >= 11 is 0. The number of nitrogens with two attached hydrogens (primary N) is 1. The molecule has 1 aromatic carbocycles. The van der Waals surface area contributed by atoms with E-state index in [0.29, 0.717) is 16.9 Å². The van der Waals surface area contributed by atoms with Crippen LogP contribution in [0.15, 0.2) is 47.3 Å². The molecule has 3 aromatic heterocycles. The van der Waals surface area contributed by atoms with Gasteiger partial charge in [0.1, 0.15) is 0 Å². The molecule has 0 radical (unpaired) electrons. The summed E-state index contributed by atoms with van der Waals surface area (Å²) in [5.74, 6) is -2.82. The van der Waals surface area contributed by atoms with Gasteiger partial charge < -0.3 is 11.1 Å². The van der Waals surface area contributed by atoms with E-state index in [1.54, 1.807) is 0 Å². The van der Waals surface area contributed by atoms with Crippen molar-refractivity contribution in [2.45, 2.75) is 38.8 Å². The van der Waals surface area contributed by atoms with E-state index in [4.69, 9.17) is 5.73 Å². The molecule has 0 saturated carbocycles. The smallest absolute Gasteiger partial charge is 0.353 e. The molecule has 8 nitrogen and oxygen atoms in total. The molecular formula is C23H23F2N7O. The highest BCUT2D eigenvalue weighted by atomic mass is 19.3. The van der Waals surface area contributed by atoms with Crippen molar-refractivity contribution in [3.8, 4) is 22.4 Å². The van der Waals surface area contributed by atoms with Gasteiger partial charge in [0, 0.05) is 29.4 Å². The number of hydrogen-bond donors (Lipinski definition) is 2. The SMILES string of the molecule is Cc1cc(-c2c(-c3ccccc3)nc(N)n3c(=O)n(C[C@H]4CC(F)(F)CN4)nc23)cc(C)n1.